The van der Waals surface area contributed by atoms with Crippen molar-refractivity contribution >= 4 is 0 Å². The lowest BCUT2D eigenvalue weighted by Gasteiger charge is -2.26. The van der Waals surface area contributed by atoms with Gasteiger partial charge in [-0.1, -0.05) is 0 Å². The van der Waals surface area contributed by atoms with Gasteiger partial charge in [0.25, 0.3) is 0 Å². The largest absolute Gasteiger partial charge is 0.379 e. The molecular formula is C14H20F3NO. The van der Waals surface area contributed by atoms with Crippen molar-refractivity contribution in [1.82, 2.24) is 5.32 Å². The quantitative estimate of drug-likeness (QED) is 0.801. The summed E-state index contributed by atoms with van der Waals surface area (Å²) in [4.78, 5) is 0. The number of rotatable bonds is 6. The van der Waals surface area contributed by atoms with Gasteiger partial charge in [-0.2, -0.15) is 0 Å². The fourth-order valence-corrected chi connectivity index (χ4v) is 1.85. The molecule has 0 fully saturated rings. The van der Waals surface area contributed by atoms with Gasteiger partial charge < -0.3 is 10.1 Å². The molecule has 0 saturated heterocycles. The molecule has 5 heteroatoms. The standard InChI is InChI=1S/C14H20F3NO/c1-14(2,19-4)6-5-12(18-3)9-7-10(15)13(17)11(16)8-9/h7-8,12,18H,5-6H2,1-4H3. The summed E-state index contributed by atoms with van der Waals surface area (Å²) in [6.07, 6.45) is 1.33. The zero-order valence-corrected chi connectivity index (χ0v) is 11.7. The van der Waals surface area contributed by atoms with Crippen molar-refractivity contribution in [3.05, 3.63) is 35.1 Å². The lowest BCUT2D eigenvalue weighted by atomic mass is 9.95. The molecule has 2 nitrogen and oxygen atoms in total. The molecule has 0 spiro atoms. The van der Waals surface area contributed by atoms with Crippen molar-refractivity contribution in [3.63, 3.8) is 0 Å². The number of ether oxygens (including phenoxy) is 1. The van der Waals surface area contributed by atoms with Gasteiger partial charge in [-0.25, -0.2) is 13.2 Å². The highest BCUT2D eigenvalue weighted by Gasteiger charge is 2.21. The van der Waals surface area contributed by atoms with E-state index in [1.54, 1.807) is 14.2 Å². The molecule has 0 saturated carbocycles. The third-order valence-corrected chi connectivity index (χ3v) is 3.34. The van der Waals surface area contributed by atoms with E-state index in [-0.39, 0.29) is 11.6 Å². The third-order valence-electron chi connectivity index (χ3n) is 3.34. The summed E-state index contributed by atoms with van der Waals surface area (Å²) in [5.41, 5.74) is 0.0810. The third kappa shape index (κ3) is 4.21. The Balaban J connectivity index is 2.86. The highest BCUT2D eigenvalue weighted by atomic mass is 19.2. The minimum atomic E-state index is -1.43. The molecule has 1 N–H and O–H groups in total. The molecule has 0 aliphatic heterocycles. The summed E-state index contributed by atoms with van der Waals surface area (Å²) in [6.45, 7) is 3.87. The Labute approximate surface area is 112 Å². The Hall–Kier alpha value is -1.07. The van der Waals surface area contributed by atoms with E-state index in [1.807, 2.05) is 13.8 Å². The summed E-state index contributed by atoms with van der Waals surface area (Å²) in [5, 5.41) is 2.98. The minimum Gasteiger partial charge on any atom is -0.379 e. The molecule has 1 unspecified atom stereocenters. The van der Waals surface area contributed by atoms with Crippen LogP contribution in [0.15, 0.2) is 12.1 Å². The maximum atomic E-state index is 13.2. The molecule has 0 amide bonds. The van der Waals surface area contributed by atoms with Gasteiger partial charge in [0.05, 0.1) is 5.60 Å². The van der Waals surface area contributed by atoms with Gasteiger partial charge in [0.15, 0.2) is 17.5 Å². The smallest absolute Gasteiger partial charge is 0.194 e. The van der Waals surface area contributed by atoms with E-state index in [0.29, 0.717) is 18.4 Å². The van der Waals surface area contributed by atoms with Crippen LogP contribution in [0.4, 0.5) is 13.2 Å². The zero-order chi connectivity index (χ0) is 14.6. The van der Waals surface area contributed by atoms with Gasteiger partial charge in [-0.3, -0.25) is 0 Å². The summed E-state index contributed by atoms with van der Waals surface area (Å²) in [7, 11) is 3.31. The van der Waals surface area contributed by atoms with Crippen molar-refractivity contribution < 1.29 is 17.9 Å². The van der Waals surface area contributed by atoms with E-state index in [2.05, 4.69) is 5.32 Å². The van der Waals surface area contributed by atoms with Crippen LogP contribution >= 0.6 is 0 Å². The summed E-state index contributed by atoms with van der Waals surface area (Å²) in [5.74, 6) is -3.77. The highest BCUT2D eigenvalue weighted by molar-refractivity contribution is 5.22. The molecule has 0 aromatic heterocycles. The van der Waals surface area contributed by atoms with Gasteiger partial charge >= 0.3 is 0 Å². The second-order valence-corrected chi connectivity index (χ2v) is 5.14. The normalized spacial score (nSPS) is 13.6. The van der Waals surface area contributed by atoms with Crippen LogP contribution in [0.3, 0.4) is 0 Å². The average molecular weight is 275 g/mol. The van der Waals surface area contributed by atoms with E-state index in [4.69, 9.17) is 4.74 Å². The Morgan fingerprint density at radius 1 is 1.21 bits per heavy atom. The van der Waals surface area contributed by atoms with E-state index in [1.165, 1.54) is 0 Å². The van der Waals surface area contributed by atoms with Crippen molar-refractivity contribution in [2.75, 3.05) is 14.2 Å². The van der Waals surface area contributed by atoms with Gasteiger partial charge in [0.2, 0.25) is 0 Å². The Morgan fingerprint density at radius 3 is 2.16 bits per heavy atom. The number of hydrogen-bond donors (Lipinski definition) is 1. The van der Waals surface area contributed by atoms with Gasteiger partial charge in [0.1, 0.15) is 0 Å². The SMILES string of the molecule is CNC(CCC(C)(C)OC)c1cc(F)c(F)c(F)c1. The number of halogens is 3. The van der Waals surface area contributed by atoms with Crippen LogP contribution in [-0.4, -0.2) is 19.8 Å². The molecule has 108 valence electrons. The second-order valence-electron chi connectivity index (χ2n) is 5.14. The first-order valence-electron chi connectivity index (χ1n) is 6.17. The van der Waals surface area contributed by atoms with Crippen molar-refractivity contribution in [2.24, 2.45) is 0 Å². The Bertz CT molecular complexity index is 412. The molecule has 1 rings (SSSR count). The number of methoxy groups -OCH3 is 1. The number of nitrogens with one attached hydrogen (secondary N) is 1. The summed E-state index contributed by atoms with van der Waals surface area (Å²) < 4.78 is 44.6. The Morgan fingerprint density at radius 2 is 1.74 bits per heavy atom. The number of hydrogen-bond acceptors (Lipinski definition) is 2. The van der Waals surface area contributed by atoms with E-state index >= 15 is 0 Å². The van der Waals surface area contributed by atoms with Crippen molar-refractivity contribution in [1.29, 1.82) is 0 Å². The predicted octanol–water partition coefficient (Wildman–Crippen LogP) is 3.57. The molecule has 0 heterocycles. The van der Waals surface area contributed by atoms with Crippen LogP contribution in [0.1, 0.15) is 38.3 Å². The zero-order valence-electron chi connectivity index (χ0n) is 11.7. The monoisotopic (exact) mass is 275 g/mol. The van der Waals surface area contributed by atoms with Gasteiger partial charge in [-0.15, -0.1) is 0 Å². The first kappa shape index (κ1) is 16.0. The molecule has 0 aliphatic carbocycles. The van der Waals surface area contributed by atoms with Crippen LogP contribution in [0.2, 0.25) is 0 Å². The fourth-order valence-electron chi connectivity index (χ4n) is 1.85. The first-order chi connectivity index (χ1) is 8.80. The highest BCUT2D eigenvalue weighted by Crippen LogP contribution is 2.26. The molecule has 0 radical (unpaired) electrons. The summed E-state index contributed by atoms with van der Waals surface area (Å²) >= 11 is 0. The molecule has 1 aromatic rings. The van der Waals surface area contributed by atoms with Crippen LogP contribution in [0.25, 0.3) is 0 Å². The maximum absolute atomic E-state index is 13.2. The molecular weight excluding hydrogens is 255 g/mol. The number of benzene rings is 1. The molecule has 1 atom stereocenters. The van der Waals surface area contributed by atoms with Crippen molar-refractivity contribution in [3.8, 4) is 0 Å². The lowest BCUT2D eigenvalue weighted by Crippen LogP contribution is -2.26. The summed E-state index contributed by atoms with van der Waals surface area (Å²) in [6, 6.07) is 1.80. The minimum absolute atomic E-state index is 0.251. The fraction of sp³-hybridized carbons (Fsp3) is 0.571. The topological polar surface area (TPSA) is 21.3 Å². The maximum Gasteiger partial charge on any atom is 0.194 e. The van der Waals surface area contributed by atoms with E-state index < -0.39 is 17.5 Å². The molecule has 0 aliphatic rings. The van der Waals surface area contributed by atoms with E-state index in [9.17, 15) is 13.2 Å². The van der Waals surface area contributed by atoms with E-state index in [0.717, 1.165) is 12.1 Å². The molecule has 0 bridgehead atoms. The van der Waals surface area contributed by atoms with Crippen LogP contribution in [0, 0.1) is 17.5 Å². The second kappa shape index (κ2) is 6.39. The van der Waals surface area contributed by atoms with Crippen LogP contribution in [0.5, 0.6) is 0 Å². The molecule has 19 heavy (non-hydrogen) atoms. The first-order valence-corrected chi connectivity index (χ1v) is 6.17. The average Bonchev–Trinajstić information content (AvgIpc) is 2.36. The van der Waals surface area contributed by atoms with Crippen LogP contribution < -0.4 is 5.32 Å². The predicted molar refractivity (Wildman–Crippen MR) is 68.4 cm³/mol. The van der Waals surface area contributed by atoms with Gasteiger partial charge in [0, 0.05) is 13.2 Å². The Kier molecular flexibility index (Phi) is 5.38. The van der Waals surface area contributed by atoms with Crippen LogP contribution in [-0.2, 0) is 4.74 Å². The lowest BCUT2D eigenvalue weighted by molar-refractivity contribution is 0.0118. The molecule has 1 aromatic carbocycles. The van der Waals surface area contributed by atoms with Gasteiger partial charge in [-0.05, 0) is 51.4 Å². The van der Waals surface area contributed by atoms with Crippen molar-refractivity contribution in [2.45, 2.75) is 38.3 Å².